The van der Waals surface area contributed by atoms with Gasteiger partial charge in [-0.2, -0.15) is 13.2 Å². The maximum Gasteiger partial charge on any atom is 0.407 e. The number of amides is 2. The monoisotopic (exact) mass is 496 g/mol. The molecule has 1 aliphatic carbocycles. The molecule has 0 bridgehead atoms. The number of benzene rings is 1. The number of hydrogen-bond donors (Lipinski definition) is 1. The molecule has 0 radical (unpaired) electrons. The van der Waals surface area contributed by atoms with Crippen molar-refractivity contribution in [2.75, 3.05) is 18.0 Å². The van der Waals surface area contributed by atoms with E-state index in [1.807, 2.05) is 4.57 Å². The van der Waals surface area contributed by atoms with Crippen LogP contribution < -0.4 is 4.90 Å². The zero-order chi connectivity index (χ0) is 24.3. The van der Waals surface area contributed by atoms with Crippen molar-refractivity contribution in [1.29, 1.82) is 0 Å². The molecule has 34 heavy (non-hydrogen) atoms. The van der Waals surface area contributed by atoms with Gasteiger partial charge in [-0.25, -0.2) is 9.78 Å². The predicted octanol–water partition coefficient (Wildman–Crippen LogP) is 4.54. The normalized spacial score (nSPS) is 18.8. The molecule has 182 valence electrons. The van der Waals surface area contributed by atoms with Gasteiger partial charge in [0.1, 0.15) is 11.2 Å². The van der Waals surface area contributed by atoms with Crippen LogP contribution in [-0.2, 0) is 36.1 Å². The van der Waals surface area contributed by atoms with Crippen molar-refractivity contribution < 1.29 is 27.9 Å². The average molecular weight is 497 g/mol. The van der Waals surface area contributed by atoms with E-state index in [0.717, 1.165) is 42.6 Å². The van der Waals surface area contributed by atoms with Crippen LogP contribution in [0.4, 0.5) is 23.7 Å². The van der Waals surface area contributed by atoms with Crippen LogP contribution in [0.1, 0.15) is 48.5 Å². The Balaban J connectivity index is 1.47. The first-order valence-corrected chi connectivity index (χ1v) is 11.7. The molecular formula is C23H24ClF3N4O3. The van der Waals surface area contributed by atoms with E-state index >= 15 is 0 Å². The highest BCUT2D eigenvalue weighted by Crippen LogP contribution is 2.48. The van der Waals surface area contributed by atoms with Crippen molar-refractivity contribution in [3.63, 3.8) is 0 Å². The molecule has 2 aromatic rings. The molecule has 11 heteroatoms. The zero-order valence-corrected chi connectivity index (χ0v) is 19.1. The fourth-order valence-corrected chi connectivity index (χ4v) is 5.61. The molecule has 0 saturated carbocycles. The van der Waals surface area contributed by atoms with Crippen molar-refractivity contribution in [3.05, 3.63) is 46.0 Å². The SMILES string of the molecule is O=C(O)N1CC2(C1)C(=O)N(Cc1nc3c(n1CCCC(F)(F)F)CCCC3)c1cc(Cl)ccc12. The van der Waals surface area contributed by atoms with Crippen molar-refractivity contribution in [2.45, 2.75) is 63.2 Å². The number of aromatic nitrogens is 2. The Hall–Kier alpha value is -2.75. The van der Waals surface area contributed by atoms with E-state index in [4.69, 9.17) is 16.6 Å². The van der Waals surface area contributed by atoms with Crippen LogP contribution in [0.15, 0.2) is 18.2 Å². The first-order valence-electron chi connectivity index (χ1n) is 11.3. The average Bonchev–Trinajstić information content (AvgIpc) is 3.19. The first kappa shape index (κ1) is 23.0. The number of hydrogen-bond acceptors (Lipinski definition) is 3. The second kappa shape index (κ2) is 8.18. The summed E-state index contributed by atoms with van der Waals surface area (Å²) in [6.07, 6.45) is -2.81. The van der Waals surface area contributed by atoms with Crippen molar-refractivity contribution in [3.8, 4) is 0 Å². The maximum absolute atomic E-state index is 13.6. The summed E-state index contributed by atoms with van der Waals surface area (Å²) in [4.78, 5) is 32.5. The van der Waals surface area contributed by atoms with Crippen molar-refractivity contribution in [2.24, 2.45) is 0 Å². The van der Waals surface area contributed by atoms with E-state index in [9.17, 15) is 27.9 Å². The molecule has 1 N–H and O–H groups in total. The molecule has 0 unspecified atom stereocenters. The summed E-state index contributed by atoms with van der Waals surface area (Å²) < 4.78 is 40.2. The van der Waals surface area contributed by atoms with Gasteiger partial charge in [0.2, 0.25) is 5.91 Å². The van der Waals surface area contributed by atoms with Gasteiger partial charge in [-0.15, -0.1) is 0 Å². The third-order valence-electron chi connectivity index (χ3n) is 7.07. The van der Waals surface area contributed by atoms with Crippen LogP contribution in [0.25, 0.3) is 0 Å². The van der Waals surface area contributed by atoms with E-state index in [0.29, 0.717) is 16.5 Å². The summed E-state index contributed by atoms with van der Waals surface area (Å²) >= 11 is 6.23. The standard InChI is InChI=1S/C23H24ClF3N4O3/c24-14-6-7-15-18(10-14)31(20(32)22(15)12-29(13-22)21(33)34)11-19-28-16-4-1-2-5-17(16)30(19)9-3-8-23(25,26)27/h6-7,10H,1-5,8-9,11-13H2,(H,33,34). The molecule has 0 atom stereocenters. The Kier molecular flexibility index (Phi) is 5.54. The molecule has 1 spiro atoms. The second-order valence-electron chi connectivity index (χ2n) is 9.27. The van der Waals surface area contributed by atoms with Gasteiger partial charge in [-0.05, 0) is 49.8 Å². The minimum absolute atomic E-state index is 0.0584. The number of rotatable bonds is 5. The Bertz CT molecular complexity index is 1160. The van der Waals surface area contributed by atoms with Crippen LogP contribution in [0, 0.1) is 0 Å². The van der Waals surface area contributed by atoms with Gasteiger partial charge in [-0.1, -0.05) is 17.7 Å². The predicted molar refractivity (Wildman–Crippen MR) is 118 cm³/mol. The fraction of sp³-hybridized carbons (Fsp3) is 0.522. The van der Waals surface area contributed by atoms with E-state index in [1.54, 1.807) is 23.1 Å². The summed E-state index contributed by atoms with van der Waals surface area (Å²) in [5.74, 6) is 0.324. The highest BCUT2D eigenvalue weighted by molar-refractivity contribution is 6.31. The van der Waals surface area contributed by atoms with Crippen LogP contribution in [0.5, 0.6) is 0 Å². The lowest BCUT2D eigenvalue weighted by Crippen LogP contribution is -2.65. The quantitative estimate of drug-likeness (QED) is 0.659. The van der Waals surface area contributed by atoms with Gasteiger partial charge >= 0.3 is 12.3 Å². The number of likely N-dealkylation sites (tertiary alicyclic amines) is 1. The third-order valence-corrected chi connectivity index (χ3v) is 7.30. The van der Waals surface area contributed by atoms with E-state index in [2.05, 4.69) is 0 Å². The third kappa shape index (κ3) is 3.81. The van der Waals surface area contributed by atoms with Crippen molar-refractivity contribution >= 4 is 29.3 Å². The Morgan fingerprint density at radius 3 is 2.65 bits per heavy atom. The van der Waals surface area contributed by atoms with Gasteiger partial charge in [-0.3, -0.25) is 4.79 Å². The number of imidazole rings is 1. The molecule has 7 nitrogen and oxygen atoms in total. The summed E-state index contributed by atoms with van der Waals surface area (Å²) in [5, 5.41) is 9.75. The molecular weight excluding hydrogens is 473 g/mol. The zero-order valence-electron chi connectivity index (χ0n) is 18.4. The smallest absolute Gasteiger partial charge is 0.407 e. The lowest BCUT2D eigenvalue weighted by molar-refractivity contribution is -0.136. The number of halogens is 4. The van der Waals surface area contributed by atoms with Crippen LogP contribution in [-0.4, -0.2) is 50.8 Å². The fourth-order valence-electron chi connectivity index (χ4n) is 5.44. The minimum Gasteiger partial charge on any atom is -0.465 e. The Morgan fingerprint density at radius 1 is 1.21 bits per heavy atom. The highest BCUT2D eigenvalue weighted by Gasteiger charge is 2.59. The number of fused-ring (bicyclic) bond motifs is 3. The van der Waals surface area contributed by atoms with E-state index in [-0.39, 0.29) is 38.5 Å². The topological polar surface area (TPSA) is 78.7 Å². The number of carbonyl (C=O) groups excluding carboxylic acids is 1. The van der Waals surface area contributed by atoms with Crippen LogP contribution in [0.3, 0.4) is 0 Å². The first-order chi connectivity index (χ1) is 16.1. The number of nitrogens with zero attached hydrogens (tertiary/aromatic N) is 4. The van der Waals surface area contributed by atoms with Gasteiger partial charge < -0.3 is 19.5 Å². The van der Waals surface area contributed by atoms with Crippen molar-refractivity contribution in [1.82, 2.24) is 14.5 Å². The summed E-state index contributed by atoms with van der Waals surface area (Å²) in [5.41, 5.74) is 2.20. The molecule has 3 aliphatic rings. The number of alkyl halides is 3. The minimum atomic E-state index is -4.23. The molecule has 1 saturated heterocycles. The highest BCUT2D eigenvalue weighted by atomic mass is 35.5. The van der Waals surface area contributed by atoms with Gasteiger partial charge in [0.05, 0.1) is 17.9 Å². The number of carbonyl (C=O) groups is 2. The molecule has 1 fully saturated rings. The molecule has 1 aromatic heterocycles. The Labute approximate surface area is 199 Å². The number of carboxylic acid groups (broad SMARTS) is 1. The molecule has 2 amide bonds. The number of aryl methyl sites for hydroxylation is 1. The second-order valence-corrected chi connectivity index (χ2v) is 9.71. The maximum atomic E-state index is 13.6. The summed E-state index contributed by atoms with van der Waals surface area (Å²) in [7, 11) is 0. The van der Waals surface area contributed by atoms with Gasteiger partial charge in [0.15, 0.2) is 0 Å². The number of anilines is 1. The largest absolute Gasteiger partial charge is 0.465 e. The van der Waals surface area contributed by atoms with Gasteiger partial charge in [0.25, 0.3) is 0 Å². The Morgan fingerprint density at radius 2 is 1.94 bits per heavy atom. The molecule has 3 heterocycles. The van der Waals surface area contributed by atoms with E-state index < -0.39 is 24.1 Å². The lowest BCUT2D eigenvalue weighted by atomic mass is 9.75. The van der Waals surface area contributed by atoms with Crippen LogP contribution in [0.2, 0.25) is 5.02 Å². The summed E-state index contributed by atoms with van der Waals surface area (Å²) in [6, 6.07) is 5.12. The van der Waals surface area contributed by atoms with Gasteiger partial charge in [0, 0.05) is 36.8 Å². The van der Waals surface area contributed by atoms with E-state index in [1.165, 1.54) is 4.90 Å². The summed E-state index contributed by atoms with van der Waals surface area (Å²) in [6.45, 7) is 0.394. The molecule has 2 aliphatic heterocycles. The lowest BCUT2D eigenvalue weighted by Gasteiger charge is -2.45. The molecule has 1 aromatic carbocycles. The molecule has 5 rings (SSSR count). The van der Waals surface area contributed by atoms with Crippen LogP contribution >= 0.6 is 11.6 Å².